The summed E-state index contributed by atoms with van der Waals surface area (Å²) >= 11 is 0. The molecule has 1 aliphatic heterocycles. The van der Waals surface area contributed by atoms with Gasteiger partial charge in [-0.25, -0.2) is 0 Å². The Labute approximate surface area is 83.3 Å². The van der Waals surface area contributed by atoms with Crippen LogP contribution in [0.2, 0.25) is 0 Å². The van der Waals surface area contributed by atoms with E-state index < -0.39 is 0 Å². The molecule has 1 rings (SSSR count). The maximum atomic E-state index is 11.0. The van der Waals surface area contributed by atoms with Gasteiger partial charge < -0.3 is 11.1 Å². The summed E-state index contributed by atoms with van der Waals surface area (Å²) in [4.78, 5) is 19.6. The van der Waals surface area contributed by atoms with Crippen molar-refractivity contribution in [3.05, 3.63) is 0 Å². The summed E-state index contributed by atoms with van der Waals surface area (Å²) in [5.74, 6) is 0.209. The Hall–Kier alpha value is -1.57. The molecule has 2 unspecified atom stereocenters. The van der Waals surface area contributed by atoms with E-state index in [9.17, 15) is 4.79 Å². The van der Waals surface area contributed by atoms with Crippen LogP contribution in [0.25, 0.3) is 0 Å². The zero-order valence-corrected chi connectivity index (χ0v) is 8.19. The number of nitrogens with one attached hydrogen (secondary N) is 1. The fourth-order valence-electron chi connectivity index (χ4n) is 1.35. The first-order chi connectivity index (χ1) is 6.65. The van der Waals surface area contributed by atoms with E-state index in [0.717, 1.165) is 13.0 Å². The highest BCUT2D eigenvalue weighted by atomic mass is 16.2. The summed E-state index contributed by atoms with van der Waals surface area (Å²) in [7, 11) is 0. The lowest BCUT2D eigenvalue weighted by Crippen LogP contribution is -2.20. The average Bonchev–Trinajstić information content (AvgIpc) is 2.53. The lowest BCUT2D eigenvalue weighted by atomic mass is 9.96. The predicted molar refractivity (Wildman–Crippen MR) is 50.8 cm³/mol. The summed E-state index contributed by atoms with van der Waals surface area (Å²) in [6.45, 7) is 2.63. The van der Waals surface area contributed by atoms with Crippen LogP contribution in [0.1, 0.15) is 19.8 Å². The molecular weight excluding hydrogens is 182 g/mol. The maximum absolute atomic E-state index is 11.0. The zero-order valence-electron chi connectivity index (χ0n) is 8.19. The molecule has 5 heteroatoms. The van der Waals surface area contributed by atoms with Crippen molar-refractivity contribution in [1.82, 2.24) is 5.32 Å². The summed E-state index contributed by atoms with van der Waals surface area (Å²) in [5, 5.41) is 11.3. The van der Waals surface area contributed by atoms with Crippen LogP contribution in [0, 0.1) is 23.2 Å². The minimum atomic E-state index is 0.00356. The Bertz CT molecular complexity index is 235. The molecule has 0 bridgehead atoms. The molecule has 0 aliphatic carbocycles. The van der Waals surface area contributed by atoms with Gasteiger partial charge in [-0.15, -0.1) is 0 Å². The lowest BCUT2D eigenvalue weighted by molar-refractivity contribution is -0.122. The second kappa shape index (κ2) is 6.89. The Balaban J connectivity index is 0.000000500. The Morgan fingerprint density at radius 2 is 2.43 bits per heavy atom. The van der Waals surface area contributed by atoms with E-state index in [1.165, 1.54) is 0 Å². The van der Waals surface area contributed by atoms with Crippen LogP contribution in [0.3, 0.4) is 0 Å². The van der Waals surface area contributed by atoms with E-state index in [0.29, 0.717) is 6.42 Å². The van der Waals surface area contributed by atoms with E-state index in [4.69, 9.17) is 10.1 Å². The third kappa shape index (κ3) is 4.45. The van der Waals surface area contributed by atoms with Gasteiger partial charge in [0.25, 0.3) is 0 Å². The highest BCUT2D eigenvalue weighted by molar-refractivity contribution is 5.80. The first-order valence-electron chi connectivity index (χ1n) is 4.48. The predicted octanol–water partition coefficient (Wildman–Crippen LogP) is -0.226. The molecule has 1 fully saturated rings. The third-order valence-electron chi connectivity index (χ3n) is 2.02. The van der Waals surface area contributed by atoms with Crippen LogP contribution in [0.15, 0.2) is 0 Å². The number of carbonyl (C=O) groups is 2. The number of nitrogens with zero attached hydrogens (tertiary/aromatic N) is 1. The van der Waals surface area contributed by atoms with Crippen LogP contribution in [0.4, 0.5) is 0 Å². The molecule has 1 heterocycles. The van der Waals surface area contributed by atoms with Gasteiger partial charge >= 0.3 is 0 Å². The standard InChI is InChI=1S/C8H12N2O.CH3NO/c1-6(5-9)4-7-2-3-10-8(7)11;2-1-3/h6-7H,2-4H2,1H3,(H,10,11);1H,(H2,2,3). The number of nitrogens with two attached hydrogens (primary N) is 1. The molecular formula is C9H15N3O2. The Kier molecular flexibility index (Phi) is 6.12. The number of nitriles is 1. The van der Waals surface area contributed by atoms with Gasteiger partial charge in [0.05, 0.1) is 6.07 Å². The molecule has 2 amide bonds. The van der Waals surface area contributed by atoms with Gasteiger partial charge in [0.15, 0.2) is 0 Å². The van der Waals surface area contributed by atoms with Gasteiger partial charge in [-0.2, -0.15) is 5.26 Å². The Morgan fingerprint density at radius 1 is 1.86 bits per heavy atom. The third-order valence-corrected chi connectivity index (χ3v) is 2.02. The topological polar surface area (TPSA) is 96.0 Å². The summed E-state index contributed by atoms with van der Waals surface area (Å²) in [6.07, 6.45) is 1.85. The van der Waals surface area contributed by atoms with Crippen molar-refractivity contribution in [2.24, 2.45) is 17.6 Å². The van der Waals surface area contributed by atoms with Crippen molar-refractivity contribution < 1.29 is 9.59 Å². The van der Waals surface area contributed by atoms with E-state index in [-0.39, 0.29) is 24.2 Å². The molecule has 0 spiro atoms. The number of hydrogen-bond acceptors (Lipinski definition) is 3. The second-order valence-electron chi connectivity index (χ2n) is 3.18. The van der Waals surface area contributed by atoms with Crippen LogP contribution in [-0.4, -0.2) is 18.9 Å². The molecule has 0 saturated carbocycles. The normalized spacial score (nSPS) is 21.1. The summed E-state index contributed by atoms with van der Waals surface area (Å²) < 4.78 is 0. The molecule has 0 aromatic heterocycles. The highest BCUT2D eigenvalue weighted by Gasteiger charge is 2.25. The van der Waals surface area contributed by atoms with Gasteiger partial charge in [0, 0.05) is 18.4 Å². The van der Waals surface area contributed by atoms with Gasteiger partial charge in [-0.05, 0) is 19.8 Å². The van der Waals surface area contributed by atoms with E-state index in [1.807, 2.05) is 6.92 Å². The maximum Gasteiger partial charge on any atom is 0.223 e. The van der Waals surface area contributed by atoms with Crippen LogP contribution in [0.5, 0.6) is 0 Å². The van der Waals surface area contributed by atoms with Gasteiger partial charge in [0.1, 0.15) is 0 Å². The van der Waals surface area contributed by atoms with Crippen molar-refractivity contribution in [1.29, 1.82) is 5.26 Å². The molecule has 14 heavy (non-hydrogen) atoms. The summed E-state index contributed by atoms with van der Waals surface area (Å²) in [5.41, 5.74) is 4.17. The van der Waals surface area contributed by atoms with Crippen molar-refractivity contribution in [2.45, 2.75) is 19.8 Å². The number of primary amides is 1. The molecule has 2 atom stereocenters. The second-order valence-corrected chi connectivity index (χ2v) is 3.18. The first kappa shape index (κ1) is 12.4. The first-order valence-corrected chi connectivity index (χ1v) is 4.48. The monoisotopic (exact) mass is 197 g/mol. The van der Waals surface area contributed by atoms with Crippen LogP contribution < -0.4 is 11.1 Å². The fraction of sp³-hybridized carbons (Fsp3) is 0.667. The quantitative estimate of drug-likeness (QED) is 0.598. The van der Waals surface area contributed by atoms with Crippen molar-refractivity contribution in [3.8, 4) is 6.07 Å². The number of carbonyl (C=O) groups excluding carboxylic acids is 2. The number of hydrogen-bond donors (Lipinski definition) is 2. The molecule has 1 aliphatic rings. The van der Waals surface area contributed by atoms with Crippen LogP contribution in [-0.2, 0) is 9.59 Å². The molecule has 1 saturated heterocycles. The van der Waals surface area contributed by atoms with Crippen molar-refractivity contribution >= 4 is 12.3 Å². The van der Waals surface area contributed by atoms with Gasteiger partial charge in [-0.3, -0.25) is 9.59 Å². The van der Waals surface area contributed by atoms with Crippen LogP contribution >= 0.6 is 0 Å². The van der Waals surface area contributed by atoms with Crippen molar-refractivity contribution in [2.75, 3.05) is 6.54 Å². The molecule has 3 N–H and O–H groups in total. The highest BCUT2D eigenvalue weighted by Crippen LogP contribution is 2.18. The minimum Gasteiger partial charge on any atom is -0.372 e. The fourth-order valence-corrected chi connectivity index (χ4v) is 1.35. The van der Waals surface area contributed by atoms with Gasteiger partial charge in [-0.1, -0.05) is 0 Å². The Morgan fingerprint density at radius 3 is 2.79 bits per heavy atom. The minimum absolute atomic E-state index is 0.00356. The zero-order chi connectivity index (χ0) is 11.0. The van der Waals surface area contributed by atoms with Crippen molar-refractivity contribution in [3.63, 3.8) is 0 Å². The lowest BCUT2D eigenvalue weighted by Gasteiger charge is -2.06. The average molecular weight is 197 g/mol. The van der Waals surface area contributed by atoms with E-state index >= 15 is 0 Å². The molecule has 0 radical (unpaired) electrons. The molecule has 78 valence electrons. The smallest absolute Gasteiger partial charge is 0.223 e. The van der Waals surface area contributed by atoms with E-state index in [2.05, 4.69) is 17.1 Å². The molecule has 5 nitrogen and oxygen atoms in total. The van der Waals surface area contributed by atoms with E-state index in [1.54, 1.807) is 0 Å². The molecule has 0 aromatic carbocycles. The molecule has 0 aromatic rings. The number of rotatable bonds is 2. The summed E-state index contributed by atoms with van der Waals surface area (Å²) in [6, 6.07) is 2.13. The number of amides is 2. The van der Waals surface area contributed by atoms with Gasteiger partial charge in [0.2, 0.25) is 12.3 Å². The SMILES string of the molecule is CC(C#N)CC1CCNC1=O.NC=O. The largest absolute Gasteiger partial charge is 0.372 e.